The highest BCUT2D eigenvalue weighted by Crippen LogP contribution is 2.25. The number of imide groups is 1. The maximum absolute atomic E-state index is 11.6. The van der Waals surface area contributed by atoms with E-state index in [0.29, 0.717) is 0 Å². The molecule has 0 radical (unpaired) electrons. The average molecular weight is 244 g/mol. The molecule has 96 valence electrons. The van der Waals surface area contributed by atoms with Crippen molar-refractivity contribution in [2.45, 2.75) is 31.8 Å². The fourth-order valence-corrected chi connectivity index (χ4v) is 2.08. The summed E-state index contributed by atoms with van der Waals surface area (Å²) in [5, 5.41) is 20.8. The monoisotopic (exact) mass is 244 g/mol. The lowest BCUT2D eigenvalue weighted by molar-refractivity contribution is -0.128. The summed E-state index contributed by atoms with van der Waals surface area (Å²) >= 11 is 0. The molecule has 0 aliphatic carbocycles. The van der Waals surface area contributed by atoms with Crippen molar-refractivity contribution in [1.82, 2.24) is 10.2 Å². The molecule has 0 saturated carbocycles. The third-order valence-corrected chi connectivity index (χ3v) is 3.14. The minimum Gasteiger partial charge on any atom is -0.394 e. The molecule has 17 heavy (non-hydrogen) atoms. The molecule has 3 N–H and O–H groups in total. The van der Waals surface area contributed by atoms with Crippen LogP contribution in [0, 0.1) is 5.92 Å². The molecule has 1 unspecified atom stereocenters. The third-order valence-electron chi connectivity index (χ3n) is 3.14. The third kappa shape index (κ3) is 2.26. The van der Waals surface area contributed by atoms with Gasteiger partial charge in [-0.05, 0) is 0 Å². The van der Waals surface area contributed by atoms with Crippen LogP contribution in [0.15, 0.2) is 0 Å². The molecule has 4 atom stereocenters. The molecule has 0 bridgehead atoms. The van der Waals surface area contributed by atoms with Crippen LogP contribution in [-0.4, -0.2) is 58.6 Å². The second-order valence-electron chi connectivity index (χ2n) is 4.46. The molecule has 7 nitrogen and oxygen atoms in total. The van der Waals surface area contributed by atoms with Gasteiger partial charge in [-0.15, -0.1) is 0 Å². The summed E-state index contributed by atoms with van der Waals surface area (Å²) in [6.07, 6.45) is -1.79. The number of aliphatic hydroxyl groups excluding tert-OH is 2. The van der Waals surface area contributed by atoms with Crippen LogP contribution in [0.1, 0.15) is 13.3 Å². The van der Waals surface area contributed by atoms with Crippen molar-refractivity contribution in [2.75, 3.05) is 13.2 Å². The second-order valence-corrected chi connectivity index (χ2v) is 4.46. The van der Waals surface area contributed by atoms with Crippen molar-refractivity contribution >= 4 is 11.9 Å². The topological polar surface area (TPSA) is 99.1 Å². The standard InChI is InChI=1S/C10H16N2O5/c1-5-3-12(10(16)11-9(5)15)8-2-6(14)7(4-13)17-8/h5-8,13-14H,2-4H2,1H3,(H,11,15,16)/t5-,6?,7+,8+/m0/s1. The smallest absolute Gasteiger partial charge is 0.326 e. The van der Waals surface area contributed by atoms with Crippen LogP contribution < -0.4 is 5.32 Å². The maximum Gasteiger partial charge on any atom is 0.326 e. The summed E-state index contributed by atoms with van der Waals surface area (Å²) in [5.74, 6) is -0.606. The Morgan fingerprint density at radius 1 is 1.53 bits per heavy atom. The van der Waals surface area contributed by atoms with Crippen LogP contribution in [0.4, 0.5) is 4.79 Å². The van der Waals surface area contributed by atoms with Gasteiger partial charge in [0.25, 0.3) is 0 Å². The Kier molecular flexibility index (Phi) is 3.32. The van der Waals surface area contributed by atoms with Gasteiger partial charge in [-0.1, -0.05) is 6.92 Å². The van der Waals surface area contributed by atoms with Crippen molar-refractivity contribution in [2.24, 2.45) is 5.92 Å². The minimum atomic E-state index is -0.786. The number of carbonyl (C=O) groups excluding carboxylic acids is 2. The molecule has 2 saturated heterocycles. The number of nitrogens with one attached hydrogen (secondary N) is 1. The van der Waals surface area contributed by atoms with Gasteiger partial charge in [-0.2, -0.15) is 0 Å². The van der Waals surface area contributed by atoms with Crippen LogP contribution in [0.2, 0.25) is 0 Å². The Morgan fingerprint density at radius 2 is 2.24 bits per heavy atom. The summed E-state index contributed by atoms with van der Waals surface area (Å²) in [7, 11) is 0. The molecule has 0 aromatic carbocycles. The van der Waals surface area contributed by atoms with Gasteiger partial charge >= 0.3 is 6.03 Å². The zero-order chi connectivity index (χ0) is 12.6. The van der Waals surface area contributed by atoms with E-state index in [9.17, 15) is 14.7 Å². The number of nitrogens with zero attached hydrogens (tertiary/aromatic N) is 1. The first kappa shape index (κ1) is 12.3. The highest BCUT2D eigenvalue weighted by molar-refractivity contribution is 5.97. The van der Waals surface area contributed by atoms with Gasteiger partial charge < -0.3 is 14.9 Å². The first-order valence-electron chi connectivity index (χ1n) is 5.58. The van der Waals surface area contributed by atoms with E-state index in [1.165, 1.54) is 4.90 Å². The van der Waals surface area contributed by atoms with Crippen LogP contribution in [0.5, 0.6) is 0 Å². The molecule has 2 fully saturated rings. The van der Waals surface area contributed by atoms with E-state index in [1.807, 2.05) is 0 Å². The number of ether oxygens (including phenoxy) is 1. The number of amides is 3. The van der Waals surface area contributed by atoms with E-state index in [-0.39, 0.29) is 31.4 Å². The summed E-state index contributed by atoms with van der Waals surface area (Å²) in [6.45, 7) is 1.69. The Labute approximate surface area is 98.3 Å². The van der Waals surface area contributed by atoms with Crippen LogP contribution in [0.25, 0.3) is 0 Å². The summed E-state index contributed by atoms with van der Waals surface area (Å²) in [5.41, 5.74) is 0. The first-order valence-corrected chi connectivity index (χ1v) is 5.58. The van der Waals surface area contributed by atoms with Crippen molar-refractivity contribution in [1.29, 1.82) is 0 Å². The second kappa shape index (κ2) is 4.59. The van der Waals surface area contributed by atoms with Crippen LogP contribution in [-0.2, 0) is 9.53 Å². The van der Waals surface area contributed by atoms with Gasteiger partial charge in [-0.3, -0.25) is 15.0 Å². The Morgan fingerprint density at radius 3 is 2.82 bits per heavy atom. The van der Waals surface area contributed by atoms with Gasteiger partial charge in [0.15, 0.2) is 0 Å². The zero-order valence-electron chi connectivity index (χ0n) is 9.50. The quantitative estimate of drug-likeness (QED) is 0.557. The molecular weight excluding hydrogens is 228 g/mol. The number of carbonyl (C=O) groups is 2. The van der Waals surface area contributed by atoms with E-state index < -0.39 is 24.5 Å². The van der Waals surface area contributed by atoms with Crippen molar-refractivity contribution in [3.8, 4) is 0 Å². The van der Waals surface area contributed by atoms with Gasteiger partial charge in [0.1, 0.15) is 12.3 Å². The lowest BCUT2D eigenvalue weighted by Crippen LogP contribution is -2.57. The van der Waals surface area contributed by atoms with E-state index in [4.69, 9.17) is 9.84 Å². The fourth-order valence-electron chi connectivity index (χ4n) is 2.08. The highest BCUT2D eigenvalue weighted by atomic mass is 16.5. The highest BCUT2D eigenvalue weighted by Gasteiger charge is 2.41. The Hall–Kier alpha value is -1.18. The van der Waals surface area contributed by atoms with Gasteiger partial charge in [0.05, 0.1) is 18.6 Å². The molecule has 7 heteroatoms. The van der Waals surface area contributed by atoms with E-state index in [2.05, 4.69) is 5.32 Å². The molecule has 2 rings (SSSR count). The van der Waals surface area contributed by atoms with Crippen molar-refractivity contribution in [3.05, 3.63) is 0 Å². The predicted octanol–water partition coefficient (Wildman–Crippen LogP) is -1.36. The normalized spacial score (nSPS) is 38.4. The molecule has 0 aromatic rings. The van der Waals surface area contributed by atoms with Crippen molar-refractivity contribution in [3.63, 3.8) is 0 Å². The summed E-state index contributed by atoms with van der Waals surface area (Å²) in [6, 6.07) is -0.510. The van der Waals surface area contributed by atoms with Crippen LogP contribution >= 0.6 is 0 Å². The van der Waals surface area contributed by atoms with Gasteiger partial charge in [-0.25, -0.2) is 4.79 Å². The molecule has 0 aromatic heterocycles. The largest absolute Gasteiger partial charge is 0.394 e. The molecule has 0 spiro atoms. The molecule has 2 aliphatic heterocycles. The summed E-state index contributed by atoms with van der Waals surface area (Å²) < 4.78 is 5.37. The SMILES string of the molecule is C[C@H]1CN([C@H]2CC(O)[C@@H](CO)O2)C(=O)NC1=O. The lowest BCUT2D eigenvalue weighted by atomic mass is 10.1. The average Bonchev–Trinajstić information content (AvgIpc) is 2.65. The number of hydrogen-bond acceptors (Lipinski definition) is 5. The lowest BCUT2D eigenvalue weighted by Gasteiger charge is -2.34. The molecule has 2 heterocycles. The Bertz CT molecular complexity index is 335. The maximum atomic E-state index is 11.6. The first-order chi connectivity index (χ1) is 8.02. The van der Waals surface area contributed by atoms with Gasteiger partial charge in [0, 0.05) is 13.0 Å². The number of urea groups is 1. The zero-order valence-corrected chi connectivity index (χ0v) is 9.50. The minimum absolute atomic E-state index is 0.250. The number of hydrogen-bond donors (Lipinski definition) is 3. The Balaban J connectivity index is 2.03. The molecular formula is C10H16N2O5. The van der Waals surface area contributed by atoms with E-state index >= 15 is 0 Å². The van der Waals surface area contributed by atoms with E-state index in [0.717, 1.165) is 0 Å². The van der Waals surface area contributed by atoms with E-state index in [1.54, 1.807) is 6.92 Å². The summed E-state index contributed by atoms with van der Waals surface area (Å²) in [4.78, 5) is 24.2. The molecule has 3 amide bonds. The number of rotatable bonds is 2. The fraction of sp³-hybridized carbons (Fsp3) is 0.800. The van der Waals surface area contributed by atoms with Crippen molar-refractivity contribution < 1.29 is 24.5 Å². The predicted molar refractivity (Wildman–Crippen MR) is 55.8 cm³/mol. The van der Waals surface area contributed by atoms with Crippen LogP contribution in [0.3, 0.4) is 0 Å². The van der Waals surface area contributed by atoms with Gasteiger partial charge in [0.2, 0.25) is 5.91 Å². The molecule has 2 aliphatic rings. The number of aliphatic hydroxyl groups is 2.